The summed E-state index contributed by atoms with van der Waals surface area (Å²) in [5.74, 6) is 0.136. The quantitative estimate of drug-likeness (QED) is 0.699. The van der Waals surface area contributed by atoms with Crippen molar-refractivity contribution in [1.82, 2.24) is 14.0 Å². The zero-order valence-corrected chi connectivity index (χ0v) is 15.6. The van der Waals surface area contributed by atoms with E-state index in [2.05, 4.69) is 72.5 Å². The number of hydrogen-bond donors (Lipinski definition) is 0. The van der Waals surface area contributed by atoms with Gasteiger partial charge in [-0.05, 0) is 44.5 Å². The molecule has 0 saturated heterocycles. The fourth-order valence-corrected chi connectivity index (χ4v) is 4.04. The monoisotopic (exact) mass is 347 g/mol. The second-order valence-electron chi connectivity index (χ2n) is 7.16. The first-order valence-electron chi connectivity index (χ1n) is 9.23. The van der Waals surface area contributed by atoms with E-state index < -0.39 is 0 Å². The fourth-order valence-electron chi connectivity index (χ4n) is 4.04. The standard InChI is InChI=1S/C22H25N3O/c1-16-14-20(17(2)25(16)15-19-8-5-4-6-9-19)22(26)24-13-12-23-11-7-10-21(23)18(24)3/h4-11,14,18H,12-13,15H2,1-3H3. The summed E-state index contributed by atoms with van der Waals surface area (Å²) >= 11 is 0. The molecule has 1 aliphatic rings. The van der Waals surface area contributed by atoms with Gasteiger partial charge in [0.1, 0.15) is 0 Å². The first-order chi connectivity index (χ1) is 12.6. The molecule has 0 spiro atoms. The third kappa shape index (κ3) is 2.75. The molecule has 0 fully saturated rings. The number of rotatable bonds is 3. The van der Waals surface area contributed by atoms with Gasteiger partial charge in [0.2, 0.25) is 0 Å². The van der Waals surface area contributed by atoms with E-state index in [-0.39, 0.29) is 11.9 Å². The molecule has 1 unspecified atom stereocenters. The molecule has 0 saturated carbocycles. The zero-order chi connectivity index (χ0) is 18.3. The van der Waals surface area contributed by atoms with Crippen molar-refractivity contribution >= 4 is 5.91 Å². The molecule has 4 rings (SSSR count). The van der Waals surface area contributed by atoms with Crippen LogP contribution in [0, 0.1) is 13.8 Å². The van der Waals surface area contributed by atoms with Crippen molar-refractivity contribution in [1.29, 1.82) is 0 Å². The average Bonchev–Trinajstić information content (AvgIpc) is 3.23. The van der Waals surface area contributed by atoms with Gasteiger partial charge in [0, 0.05) is 42.9 Å². The van der Waals surface area contributed by atoms with Crippen LogP contribution in [0.5, 0.6) is 0 Å². The number of aryl methyl sites for hydroxylation is 1. The number of hydrogen-bond acceptors (Lipinski definition) is 1. The van der Waals surface area contributed by atoms with Crippen molar-refractivity contribution in [3.8, 4) is 0 Å². The lowest BCUT2D eigenvalue weighted by Gasteiger charge is -2.35. The van der Waals surface area contributed by atoms with Crippen molar-refractivity contribution < 1.29 is 4.79 Å². The van der Waals surface area contributed by atoms with Crippen LogP contribution in [0.4, 0.5) is 0 Å². The highest BCUT2D eigenvalue weighted by Gasteiger charge is 2.30. The maximum Gasteiger partial charge on any atom is 0.256 e. The summed E-state index contributed by atoms with van der Waals surface area (Å²) in [6.07, 6.45) is 2.10. The van der Waals surface area contributed by atoms with Crippen LogP contribution < -0.4 is 0 Å². The highest BCUT2D eigenvalue weighted by atomic mass is 16.2. The summed E-state index contributed by atoms with van der Waals surface area (Å²) in [6.45, 7) is 8.67. The average molecular weight is 347 g/mol. The first-order valence-corrected chi connectivity index (χ1v) is 9.23. The van der Waals surface area contributed by atoms with Crippen LogP contribution in [0.3, 0.4) is 0 Å². The first kappa shape index (κ1) is 16.7. The largest absolute Gasteiger partial charge is 0.348 e. The second kappa shape index (κ2) is 6.52. The number of carbonyl (C=O) groups excluding carboxylic acids is 1. The molecule has 2 aromatic heterocycles. The van der Waals surface area contributed by atoms with Crippen LogP contribution >= 0.6 is 0 Å². The maximum atomic E-state index is 13.3. The number of amides is 1. The summed E-state index contributed by atoms with van der Waals surface area (Å²) in [5.41, 5.74) is 5.46. The second-order valence-corrected chi connectivity index (χ2v) is 7.16. The van der Waals surface area contributed by atoms with Crippen molar-refractivity contribution in [3.05, 3.63) is 82.9 Å². The molecule has 0 aliphatic carbocycles. The number of benzene rings is 1. The summed E-state index contributed by atoms with van der Waals surface area (Å²) in [4.78, 5) is 15.3. The van der Waals surface area contributed by atoms with E-state index in [4.69, 9.17) is 0 Å². The van der Waals surface area contributed by atoms with E-state index in [1.165, 1.54) is 11.3 Å². The Morgan fingerprint density at radius 2 is 1.85 bits per heavy atom. The van der Waals surface area contributed by atoms with Crippen LogP contribution in [0.15, 0.2) is 54.7 Å². The molecule has 1 aromatic carbocycles. The normalized spacial score (nSPS) is 16.6. The Balaban J connectivity index is 1.62. The Morgan fingerprint density at radius 3 is 2.62 bits per heavy atom. The molecule has 1 amide bonds. The van der Waals surface area contributed by atoms with E-state index in [0.717, 1.165) is 36.6 Å². The van der Waals surface area contributed by atoms with Crippen molar-refractivity contribution in [2.24, 2.45) is 0 Å². The van der Waals surface area contributed by atoms with Gasteiger partial charge >= 0.3 is 0 Å². The molecule has 3 aromatic rings. The molecule has 0 radical (unpaired) electrons. The Labute approximate surface area is 154 Å². The molecule has 134 valence electrons. The van der Waals surface area contributed by atoms with Crippen LogP contribution in [0.25, 0.3) is 0 Å². The molecular weight excluding hydrogens is 322 g/mol. The van der Waals surface area contributed by atoms with Crippen molar-refractivity contribution in [3.63, 3.8) is 0 Å². The predicted octanol–water partition coefficient (Wildman–Crippen LogP) is 4.17. The smallest absolute Gasteiger partial charge is 0.256 e. The van der Waals surface area contributed by atoms with E-state index in [0.29, 0.717) is 0 Å². The van der Waals surface area contributed by atoms with Gasteiger partial charge < -0.3 is 14.0 Å². The fraction of sp³-hybridized carbons (Fsp3) is 0.318. The molecule has 0 N–H and O–H groups in total. The lowest BCUT2D eigenvalue weighted by atomic mass is 10.1. The minimum absolute atomic E-state index is 0.100. The predicted molar refractivity (Wildman–Crippen MR) is 103 cm³/mol. The topological polar surface area (TPSA) is 30.2 Å². The van der Waals surface area contributed by atoms with Gasteiger partial charge in [-0.3, -0.25) is 4.79 Å². The number of fused-ring (bicyclic) bond motifs is 1. The molecule has 0 bridgehead atoms. The summed E-state index contributed by atoms with van der Waals surface area (Å²) in [7, 11) is 0. The SMILES string of the molecule is Cc1cc(C(=O)N2CCn3cccc3C2C)c(C)n1Cc1ccccc1. The molecule has 4 heteroatoms. The maximum absolute atomic E-state index is 13.3. The Bertz CT molecular complexity index is 936. The third-order valence-corrected chi connectivity index (χ3v) is 5.59. The van der Waals surface area contributed by atoms with Crippen LogP contribution in [-0.2, 0) is 13.1 Å². The summed E-state index contributed by atoms with van der Waals surface area (Å²) in [5, 5.41) is 0. The van der Waals surface area contributed by atoms with Gasteiger partial charge in [-0.25, -0.2) is 0 Å². The molecular formula is C22H25N3O. The Morgan fingerprint density at radius 1 is 1.08 bits per heavy atom. The van der Waals surface area contributed by atoms with E-state index in [1.54, 1.807) is 0 Å². The minimum atomic E-state index is 0.100. The van der Waals surface area contributed by atoms with Gasteiger partial charge in [0.05, 0.1) is 11.6 Å². The van der Waals surface area contributed by atoms with Crippen LogP contribution in [0.1, 0.15) is 46.0 Å². The van der Waals surface area contributed by atoms with Crippen molar-refractivity contribution in [2.75, 3.05) is 6.54 Å². The van der Waals surface area contributed by atoms with Crippen LogP contribution in [-0.4, -0.2) is 26.5 Å². The third-order valence-electron chi connectivity index (χ3n) is 5.59. The Hall–Kier alpha value is -2.75. The summed E-state index contributed by atoms with van der Waals surface area (Å²) in [6, 6.07) is 16.7. The molecule has 1 atom stereocenters. The zero-order valence-electron chi connectivity index (χ0n) is 15.6. The van der Waals surface area contributed by atoms with Gasteiger partial charge in [-0.2, -0.15) is 0 Å². The van der Waals surface area contributed by atoms with Gasteiger partial charge in [0.15, 0.2) is 0 Å². The number of carbonyl (C=O) groups is 1. The van der Waals surface area contributed by atoms with Crippen molar-refractivity contribution in [2.45, 2.75) is 39.9 Å². The van der Waals surface area contributed by atoms with E-state index in [9.17, 15) is 4.79 Å². The van der Waals surface area contributed by atoms with Crippen LogP contribution in [0.2, 0.25) is 0 Å². The number of aromatic nitrogens is 2. The highest BCUT2D eigenvalue weighted by Crippen LogP contribution is 2.28. The van der Waals surface area contributed by atoms with Gasteiger partial charge in [-0.1, -0.05) is 30.3 Å². The molecule has 26 heavy (non-hydrogen) atoms. The van der Waals surface area contributed by atoms with E-state index >= 15 is 0 Å². The lowest BCUT2D eigenvalue weighted by molar-refractivity contribution is 0.0643. The molecule has 4 nitrogen and oxygen atoms in total. The number of nitrogens with zero attached hydrogens (tertiary/aromatic N) is 3. The van der Waals surface area contributed by atoms with Gasteiger partial charge in [-0.15, -0.1) is 0 Å². The molecule has 3 heterocycles. The minimum Gasteiger partial charge on any atom is -0.348 e. The Kier molecular flexibility index (Phi) is 4.19. The summed E-state index contributed by atoms with van der Waals surface area (Å²) < 4.78 is 4.48. The lowest BCUT2D eigenvalue weighted by Crippen LogP contribution is -2.40. The highest BCUT2D eigenvalue weighted by molar-refractivity contribution is 5.96. The van der Waals surface area contributed by atoms with E-state index in [1.807, 2.05) is 17.0 Å². The molecule has 1 aliphatic heterocycles. The van der Waals surface area contributed by atoms with Gasteiger partial charge in [0.25, 0.3) is 5.91 Å².